The van der Waals surface area contributed by atoms with Crippen LogP contribution in [0.1, 0.15) is 25.3 Å². The van der Waals surface area contributed by atoms with E-state index in [1.165, 1.54) is 7.11 Å². The number of aliphatic hydroxyl groups excluding tert-OH is 6. The van der Waals surface area contributed by atoms with Crippen molar-refractivity contribution in [2.75, 3.05) is 13.7 Å². The number of methoxy groups -OCH3 is 1. The number of aliphatic hydroxyl groups is 6. The van der Waals surface area contributed by atoms with E-state index in [1.54, 1.807) is 12.1 Å². The fourth-order valence-corrected chi connectivity index (χ4v) is 3.88. The number of rotatable bonds is 7. The quantitative estimate of drug-likeness (QED) is 0.306. The van der Waals surface area contributed by atoms with Crippen molar-refractivity contribution >= 4 is 6.08 Å². The van der Waals surface area contributed by atoms with E-state index in [-0.39, 0.29) is 18.8 Å². The first-order valence-corrected chi connectivity index (χ1v) is 10.6. The lowest BCUT2D eigenvalue weighted by Gasteiger charge is -2.41. The van der Waals surface area contributed by atoms with Crippen LogP contribution in [0.5, 0.6) is 11.5 Å². The zero-order valence-electron chi connectivity index (χ0n) is 18.0. The van der Waals surface area contributed by atoms with Crippen LogP contribution in [0.4, 0.5) is 0 Å². The maximum absolute atomic E-state index is 10.4. The Kier molecular flexibility index (Phi) is 8.48. The number of hydrogen-bond donors (Lipinski definition) is 6. The van der Waals surface area contributed by atoms with Gasteiger partial charge >= 0.3 is 0 Å². The molecule has 1 saturated heterocycles. The van der Waals surface area contributed by atoms with Crippen molar-refractivity contribution in [2.24, 2.45) is 0 Å². The highest BCUT2D eigenvalue weighted by molar-refractivity contribution is 5.55. The Morgan fingerprint density at radius 1 is 0.938 bits per heavy atom. The van der Waals surface area contributed by atoms with Gasteiger partial charge in [-0.05, 0) is 37.5 Å². The lowest BCUT2D eigenvalue weighted by atomic mass is 9.89. The predicted molar refractivity (Wildman–Crippen MR) is 112 cm³/mol. The van der Waals surface area contributed by atoms with Crippen LogP contribution in [-0.4, -0.2) is 99.5 Å². The van der Waals surface area contributed by atoms with Crippen LogP contribution in [0, 0.1) is 0 Å². The molecule has 3 rings (SSSR count). The van der Waals surface area contributed by atoms with E-state index in [0.29, 0.717) is 12.2 Å². The topological polar surface area (TPSA) is 158 Å². The van der Waals surface area contributed by atoms with Gasteiger partial charge in [0.1, 0.15) is 36.6 Å². The molecule has 1 aromatic carbocycles. The Hall–Kier alpha value is -1.76. The minimum atomic E-state index is -1.57. The fraction of sp³-hybridized carbons (Fsp3) is 0.636. The van der Waals surface area contributed by atoms with Crippen LogP contribution in [0.25, 0.3) is 6.08 Å². The van der Waals surface area contributed by atoms with Gasteiger partial charge in [-0.3, -0.25) is 0 Å². The molecule has 6 N–H and O–H groups in total. The van der Waals surface area contributed by atoms with E-state index < -0.39 is 55.1 Å². The fourth-order valence-electron chi connectivity index (χ4n) is 3.88. The van der Waals surface area contributed by atoms with Crippen LogP contribution in [0.2, 0.25) is 0 Å². The van der Waals surface area contributed by atoms with Gasteiger partial charge in [0.05, 0.1) is 25.9 Å². The normalized spacial score (nSPS) is 38.1. The van der Waals surface area contributed by atoms with E-state index in [4.69, 9.17) is 18.9 Å². The molecule has 32 heavy (non-hydrogen) atoms. The molecule has 1 aliphatic carbocycles. The smallest absolute Gasteiger partial charge is 0.229 e. The summed E-state index contributed by atoms with van der Waals surface area (Å²) in [6, 6.07) is 5.19. The summed E-state index contributed by atoms with van der Waals surface area (Å²) in [6.45, 7) is 1.62. The predicted octanol–water partition coefficient (Wildman–Crippen LogP) is -0.824. The third kappa shape index (κ3) is 5.41. The molecule has 1 heterocycles. The van der Waals surface area contributed by atoms with Crippen LogP contribution in [-0.2, 0) is 9.47 Å². The third-order valence-corrected chi connectivity index (χ3v) is 5.80. The van der Waals surface area contributed by atoms with Crippen molar-refractivity contribution in [3.8, 4) is 11.5 Å². The van der Waals surface area contributed by atoms with E-state index in [1.807, 2.05) is 25.1 Å². The summed E-state index contributed by atoms with van der Waals surface area (Å²) in [7, 11) is 1.46. The van der Waals surface area contributed by atoms with Gasteiger partial charge < -0.3 is 49.6 Å². The summed E-state index contributed by atoms with van der Waals surface area (Å²) < 4.78 is 22.4. The average molecular weight is 456 g/mol. The number of benzene rings is 1. The average Bonchev–Trinajstić information content (AvgIpc) is 2.78. The molecule has 10 nitrogen and oxygen atoms in total. The van der Waals surface area contributed by atoms with Gasteiger partial charge in [-0.2, -0.15) is 0 Å². The lowest BCUT2D eigenvalue weighted by Crippen LogP contribution is -2.60. The van der Waals surface area contributed by atoms with Crippen LogP contribution in [0.3, 0.4) is 0 Å². The summed E-state index contributed by atoms with van der Waals surface area (Å²) in [4.78, 5) is 0. The van der Waals surface area contributed by atoms with Gasteiger partial charge in [-0.1, -0.05) is 18.2 Å². The van der Waals surface area contributed by atoms with E-state index in [2.05, 4.69) is 0 Å². The largest absolute Gasteiger partial charge is 0.493 e. The molecule has 0 amide bonds. The van der Waals surface area contributed by atoms with Crippen LogP contribution < -0.4 is 9.47 Å². The molecule has 2 fully saturated rings. The zero-order valence-corrected chi connectivity index (χ0v) is 18.0. The van der Waals surface area contributed by atoms with Crippen molar-refractivity contribution in [1.82, 2.24) is 0 Å². The zero-order chi connectivity index (χ0) is 23.4. The summed E-state index contributed by atoms with van der Waals surface area (Å²) in [6.07, 6.45) is -7.25. The van der Waals surface area contributed by atoms with Gasteiger partial charge in [-0.25, -0.2) is 0 Å². The molecule has 180 valence electrons. The highest BCUT2D eigenvalue weighted by Gasteiger charge is 2.46. The van der Waals surface area contributed by atoms with Crippen LogP contribution in [0.15, 0.2) is 24.3 Å². The first kappa shape index (κ1) is 24.9. The number of hydrogen-bond acceptors (Lipinski definition) is 10. The maximum Gasteiger partial charge on any atom is 0.229 e. The van der Waals surface area contributed by atoms with Crippen molar-refractivity contribution < 1.29 is 49.6 Å². The third-order valence-electron chi connectivity index (χ3n) is 5.80. The van der Waals surface area contributed by atoms with Gasteiger partial charge in [0.2, 0.25) is 6.29 Å². The highest BCUT2D eigenvalue weighted by atomic mass is 16.7. The second-order valence-electron chi connectivity index (χ2n) is 8.04. The van der Waals surface area contributed by atoms with Crippen molar-refractivity contribution in [1.29, 1.82) is 0 Å². The molecule has 10 heteroatoms. The molecule has 2 aliphatic rings. The summed E-state index contributed by atoms with van der Waals surface area (Å²) in [5, 5.41) is 60.6. The molecule has 0 radical (unpaired) electrons. The Labute approximate surface area is 186 Å². The second-order valence-corrected chi connectivity index (χ2v) is 8.04. The minimum absolute atomic E-state index is 0.242. The van der Waals surface area contributed by atoms with Gasteiger partial charge in [0.25, 0.3) is 0 Å². The first-order chi connectivity index (χ1) is 15.3. The Bertz CT molecular complexity index is 771. The number of ether oxygens (including phenoxy) is 4. The monoisotopic (exact) mass is 456 g/mol. The molecule has 1 saturated carbocycles. The molecular weight excluding hydrogens is 424 g/mol. The van der Waals surface area contributed by atoms with E-state index >= 15 is 0 Å². The molecule has 0 aromatic heterocycles. The molecule has 0 bridgehead atoms. The Morgan fingerprint density at radius 2 is 1.69 bits per heavy atom. The first-order valence-electron chi connectivity index (χ1n) is 10.6. The SMILES string of the molecule is CC=Cc1ccc(OC)c(O[C@H]2O[C@H](CO[C@H]3CC[C@H](O)[C@H](O)[C@H]3O)[C@@H](O)[C@H](O)[C@H]2O)c1. The van der Waals surface area contributed by atoms with Crippen molar-refractivity contribution in [3.63, 3.8) is 0 Å². The summed E-state index contributed by atoms with van der Waals surface area (Å²) >= 11 is 0. The van der Waals surface area contributed by atoms with Gasteiger partial charge in [-0.15, -0.1) is 0 Å². The minimum Gasteiger partial charge on any atom is -0.493 e. The Balaban J connectivity index is 1.70. The lowest BCUT2D eigenvalue weighted by molar-refractivity contribution is -0.284. The van der Waals surface area contributed by atoms with E-state index in [0.717, 1.165) is 5.56 Å². The Morgan fingerprint density at radius 3 is 2.38 bits per heavy atom. The summed E-state index contributed by atoms with van der Waals surface area (Å²) in [5.41, 5.74) is 0.820. The number of allylic oxidation sites excluding steroid dienone is 1. The maximum atomic E-state index is 10.4. The summed E-state index contributed by atoms with van der Waals surface area (Å²) in [5.74, 6) is 0.663. The molecule has 1 aromatic rings. The molecule has 1 aliphatic heterocycles. The van der Waals surface area contributed by atoms with Crippen molar-refractivity contribution in [3.05, 3.63) is 29.8 Å². The molecule has 0 spiro atoms. The van der Waals surface area contributed by atoms with E-state index in [9.17, 15) is 30.6 Å². The van der Waals surface area contributed by atoms with Crippen LogP contribution >= 0.6 is 0 Å². The van der Waals surface area contributed by atoms with Gasteiger partial charge in [0, 0.05) is 0 Å². The highest BCUT2D eigenvalue weighted by Crippen LogP contribution is 2.33. The van der Waals surface area contributed by atoms with Gasteiger partial charge in [0.15, 0.2) is 11.5 Å². The molecular formula is C22H32O10. The standard InChI is InChI=1S/C22H32O10/c1-3-4-11-5-7-13(29-2)15(9-11)31-22-21(28)20(27)19(26)16(32-22)10-30-14-8-6-12(23)17(24)18(14)25/h3-5,7,9,12,14,16-28H,6,8,10H2,1-2H3/t12-,14-,16+,17-,18-,19+,20-,21+,22-/m0/s1. The molecule has 0 unspecified atom stereocenters. The van der Waals surface area contributed by atoms with Crippen molar-refractivity contribution in [2.45, 2.75) is 74.9 Å². The molecule has 9 atom stereocenters. The second kappa shape index (κ2) is 10.9.